The quantitative estimate of drug-likeness (QED) is 0.624. The number of halogens is 3. The number of carbonyl (C=O) groups excluding carboxylic acids is 1. The Morgan fingerprint density at radius 3 is 2.64 bits per heavy atom. The zero-order chi connectivity index (χ0) is 23.3. The third-order valence-electron chi connectivity index (χ3n) is 6.41. The summed E-state index contributed by atoms with van der Waals surface area (Å²) < 4.78 is 44.1. The number of nitrogens with two attached hydrogens (primary N) is 1. The third kappa shape index (κ3) is 3.88. The van der Waals surface area contributed by atoms with E-state index in [1.165, 1.54) is 6.07 Å². The minimum atomic E-state index is -4.56. The van der Waals surface area contributed by atoms with Crippen molar-refractivity contribution < 1.29 is 22.7 Å². The van der Waals surface area contributed by atoms with Crippen molar-refractivity contribution in [3.63, 3.8) is 0 Å². The molecule has 0 radical (unpaired) electrons. The number of amides is 1. The maximum atomic E-state index is 13.5. The molecule has 3 heterocycles. The molecular formula is C23H22F3N5O2. The SMILES string of the molecule is C[C@H]1OCc2c1c(N)nc1ccc(C(=O)N(Cc3ccc(C(F)(F)F)nn3)C3CCC3)cc21. The van der Waals surface area contributed by atoms with Crippen LogP contribution in [0.15, 0.2) is 30.3 Å². The van der Waals surface area contributed by atoms with Gasteiger partial charge in [0.1, 0.15) is 5.82 Å². The minimum Gasteiger partial charge on any atom is -0.383 e. The second-order valence-electron chi connectivity index (χ2n) is 8.50. The first-order chi connectivity index (χ1) is 15.7. The van der Waals surface area contributed by atoms with Gasteiger partial charge in [-0.3, -0.25) is 4.79 Å². The highest BCUT2D eigenvalue weighted by atomic mass is 19.4. The van der Waals surface area contributed by atoms with E-state index >= 15 is 0 Å². The molecule has 0 spiro atoms. The molecule has 0 saturated heterocycles. The number of fused-ring (bicyclic) bond motifs is 3. The van der Waals surface area contributed by atoms with Gasteiger partial charge in [0.2, 0.25) is 0 Å². The van der Waals surface area contributed by atoms with Crippen LogP contribution in [0.5, 0.6) is 0 Å². The van der Waals surface area contributed by atoms with Crippen molar-refractivity contribution in [2.24, 2.45) is 0 Å². The maximum absolute atomic E-state index is 13.5. The first-order valence-corrected chi connectivity index (χ1v) is 10.8. The summed E-state index contributed by atoms with van der Waals surface area (Å²) in [7, 11) is 0. The van der Waals surface area contributed by atoms with Crippen molar-refractivity contribution in [2.75, 3.05) is 5.73 Å². The van der Waals surface area contributed by atoms with Gasteiger partial charge >= 0.3 is 6.18 Å². The van der Waals surface area contributed by atoms with E-state index in [4.69, 9.17) is 10.5 Å². The summed E-state index contributed by atoms with van der Waals surface area (Å²) in [6.07, 6.45) is -2.05. The molecule has 0 bridgehead atoms. The summed E-state index contributed by atoms with van der Waals surface area (Å²) in [4.78, 5) is 19.6. The molecule has 2 N–H and O–H groups in total. The maximum Gasteiger partial charge on any atom is 0.435 e. The van der Waals surface area contributed by atoms with Gasteiger partial charge in [-0.1, -0.05) is 0 Å². The Hall–Kier alpha value is -3.27. The number of anilines is 1. The van der Waals surface area contributed by atoms with Gasteiger partial charge < -0.3 is 15.4 Å². The lowest BCUT2D eigenvalue weighted by Gasteiger charge is -2.37. The van der Waals surface area contributed by atoms with E-state index in [2.05, 4.69) is 15.2 Å². The normalized spacial score (nSPS) is 18.2. The summed E-state index contributed by atoms with van der Waals surface area (Å²) in [5.74, 6) is 0.222. The molecule has 2 aromatic heterocycles. The molecule has 7 nitrogen and oxygen atoms in total. The fraction of sp³-hybridized carbons (Fsp3) is 0.391. The van der Waals surface area contributed by atoms with Crippen LogP contribution in [0.2, 0.25) is 0 Å². The molecule has 1 fully saturated rings. The molecule has 1 aromatic carbocycles. The van der Waals surface area contributed by atoms with Crippen LogP contribution >= 0.6 is 0 Å². The van der Waals surface area contributed by atoms with Crippen molar-refractivity contribution in [1.29, 1.82) is 0 Å². The van der Waals surface area contributed by atoms with Gasteiger partial charge in [0, 0.05) is 22.6 Å². The minimum absolute atomic E-state index is 0.0101. The van der Waals surface area contributed by atoms with Crippen LogP contribution in [0, 0.1) is 0 Å². The summed E-state index contributed by atoms with van der Waals surface area (Å²) in [6.45, 7) is 2.39. The largest absolute Gasteiger partial charge is 0.435 e. The number of carbonyl (C=O) groups is 1. The fourth-order valence-corrected chi connectivity index (χ4v) is 4.40. The van der Waals surface area contributed by atoms with Gasteiger partial charge in [-0.25, -0.2) is 4.98 Å². The number of hydrogen-bond acceptors (Lipinski definition) is 6. The number of pyridine rings is 1. The van der Waals surface area contributed by atoms with Crippen molar-refractivity contribution in [3.05, 3.63) is 58.4 Å². The van der Waals surface area contributed by atoms with Crippen LogP contribution in [0.1, 0.15) is 65.2 Å². The molecule has 5 rings (SSSR count). The van der Waals surface area contributed by atoms with Crippen molar-refractivity contribution >= 4 is 22.6 Å². The van der Waals surface area contributed by atoms with E-state index in [9.17, 15) is 18.0 Å². The van der Waals surface area contributed by atoms with Gasteiger partial charge in [0.05, 0.1) is 30.5 Å². The second-order valence-corrected chi connectivity index (χ2v) is 8.50. The van der Waals surface area contributed by atoms with Crippen LogP contribution in [-0.2, 0) is 24.1 Å². The lowest BCUT2D eigenvalue weighted by atomic mass is 9.90. The monoisotopic (exact) mass is 457 g/mol. The fourth-order valence-electron chi connectivity index (χ4n) is 4.40. The van der Waals surface area contributed by atoms with Crippen molar-refractivity contribution in [1.82, 2.24) is 20.1 Å². The van der Waals surface area contributed by atoms with E-state index in [1.54, 1.807) is 23.1 Å². The number of rotatable bonds is 4. The van der Waals surface area contributed by atoms with Gasteiger partial charge in [0.25, 0.3) is 5.91 Å². The first kappa shape index (κ1) is 21.6. The third-order valence-corrected chi connectivity index (χ3v) is 6.41. The predicted octanol–water partition coefficient (Wildman–Crippen LogP) is 4.41. The van der Waals surface area contributed by atoms with Crippen molar-refractivity contribution in [3.8, 4) is 0 Å². The number of aromatic nitrogens is 3. The highest BCUT2D eigenvalue weighted by Crippen LogP contribution is 2.38. The lowest BCUT2D eigenvalue weighted by Crippen LogP contribution is -2.43. The molecule has 1 saturated carbocycles. The Bertz CT molecular complexity index is 1230. The molecular weight excluding hydrogens is 435 g/mol. The highest BCUT2D eigenvalue weighted by molar-refractivity contribution is 5.99. The Morgan fingerprint density at radius 1 is 1.21 bits per heavy atom. The standard InChI is InChI=1S/C23H22F3N5O2/c1-12-20-17(11-33-12)16-9-13(5-7-18(16)28-21(20)27)22(32)31(15-3-2-4-15)10-14-6-8-19(30-29-14)23(24,25)26/h5-9,12,15H,2-4,10-11H2,1H3,(H2,27,28)/t12-/m1/s1. The predicted molar refractivity (Wildman–Crippen MR) is 114 cm³/mol. The van der Waals surface area contributed by atoms with E-state index in [1.807, 2.05) is 6.92 Å². The van der Waals surface area contributed by atoms with Crippen molar-refractivity contribution in [2.45, 2.75) is 57.7 Å². The molecule has 33 heavy (non-hydrogen) atoms. The number of alkyl halides is 3. The van der Waals surface area contributed by atoms with E-state index in [0.29, 0.717) is 29.2 Å². The van der Waals surface area contributed by atoms with Crippen LogP contribution in [0.3, 0.4) is 0 Å². The van der Waals surface area contributed by atoms with Crippen LogP contribution in [-0.4, -0.2) is 32.0 Å². The van der Waals surface area contributed by atoms with E-state index < -0.39 is 11.9 Å². The lowest BCUT2D eigenvalue weighted by molar-refractivity contribution is -0.141. The van der Waals surface area contributed by atoms with Gasteiger partial charge in [-0.15, -0.1) is 5.10 Å². The Balaban J connectivity index is 1.47. The zero-order valence-corrected chi connectivity index (χ0v) is 17.9. The summed E-state index contributed by atoms with van der Waals surface area (Å²) in [6, 6.07) is 7.44. The first-order valence-electron chi connectivity index (χ1n) is 10.8. The Morgan fingerprint density at radius 2 is 2.00 bits per heavy atom. The smallest absolute Gasteiger partial charge is 0.383 e. The van der Waals surface area contributed by atoms with Gasteiger partial charge in [-0.05, 0) is 62.1 Å². The Labute approximate surface area is 187 Å². The number of nitrogen functional groups attached to an aromatic ring is 1. The molecule has 10 heteroatoms. The van der Waals surface area contributed by atoms with E-state index in [-0.39, 0.29) is 24.6 Å². The average molecular weight is 457 g/mol. The summed E-state index contributed by atoms with van der Waals surface area (Å²) in [5, 5.41) is 7.82. The van der Waals surface area contributed by atoms with E-state index in [0.717, 1.165) is 41.8 Å². The molecule has 2 aliphatic rings. The molecule has 1 atom stereocenters. The van der Waals surface area contributed by atoms with Gasteiger partial charge in [0.15, 0.2) is 5.69 Å². The average Bonchev–Trinajstić information content (AvgIpc) is 3.14. The molecule has 172 valence electrons. The molecule has 0 unspecified atom stereocenters. The summed E-state index contributed by atoms with van der Waals surface area (Å²) in [5.41, 5.74) is 8.31. The topological polar surface area (TPSA) is 94.2 Å². The Kier molecular flexibility index (Phi) is 5.19. The molecule has 1 amide bonds. The second kappa shape index (κ2) is 7.95. The number of benzene rings is 1. The van der Waals surface area contributed by atoms with Crippen LogP contribution in [0.25, 0.3) is 10.9 Å². The molecule has 1 aliphatic carbocycles. The van der Waals surface area contributed by atoms with Gasteiger partial charge in [-0.2, -0.15) is 18.3 Å². The summed E-state index contributed by atoms with van der Waals surface area (Å²) >= 11 is 0. The number of hydrogen-bond donors (Lipinski definition) is 1. The zero-order valence-electron chi connectivity index (χ0n) is 17.9. The molecule has 1 aliphatic heterocycles. The molecule has 3 aromatic rings. The highest BCUT2D eigenvalue weighted by Gasteiger charge is 2.34. The number of ether oxygens (including phenoxy) is 1. The van der Waals surface area contributed by atoms with Crippen LogP contribution < -0.4 is 5.73 Å². The number of nitrogens with zero attached hydrogens (tertiary/aromatic N) is 4. The van der Waals surface area contributed by atoms with Crippen LogP contribution in [0.4, 0.5) is 19.0 Å².